The van der Waals surface area contributed by atoms with Gasteiger partial charge in [0.2, 0.25) is 6.41 Å². The molecule has 2 aromatic rings. The van der Waals surface area contributed by atoms with Crippen LogP contribution in [0.4, 0.5) is 5.69 Å². The van der Waals surface area contributed by atoms with E-state index in [9.17, 15) is 14.9 Å². The zero-order valence-corrected chi connectivity index (χ0v) is 17.0. The zero-order chi connectivity index (χ0) is 21.5. The molecule has 0 aromatic heterocycles. The third kappa shape index (κ3) is 4.53. The summed E-state index contributed by atoms with van der Waals surface area (Å²) in [5, 5.41) is 15.3. The van der Waals surface area contributed by atoms with Gasteiger partial charge in [0, 0.05) is 13.1 Å². The largest absolute Gasteiger partial charge is 0.493 e. The number of methoxy groups -OCH3 is 2. The van der Waals surface area contributed by atoms with Gasteiger partial charge in [-0.25, -0.2) is 0 Å². The van der Waals surface area contributed by atoms with Crippen LogP contribution in [0.25, 0.3) is 0 Å². The van der Waals surface area contributed by atoms with E-state index in [1.807, 2.05) is 12.1 Å². The second kappa shape index (κ2) is 9.76. The Hall–Kier alpha value is -3.57. The second-order valence-electron chi connectivity index (χ2n) is 6.88. The molecule has 1 unspecified atom stereocenters. The number of anilines is 1. The van der Waals surface area contributed by atoms with Crippen molar-refractivity contribution in [3.05, 3.63) is 53.1 Å². The number of carbonyl (C=O) groups excluding carboxylic acids is 2. The van der Waals surface area contributed by atoms with Gasteiger partial charge in [-0.2, -0.15) is 5.26 Å². The Kier molecular flexibility index (Phi) is 6.88. The fourth-order valence-electron chi connectivity index (χ4n) is 3.50. The third-order valence-electron chi connectivity index (χ3n) is 5.09. The van der Waals surface area contributed by atoms with Gasteiger partial charge in [-0.3, -0.25) is 9.59 Å². The van der Waals surface area contributed by atoms with Gasteiger partial charge in [-0.15, -0.1) is 0 Å². The third-order valence-corrected chi connectivity index (χ3v) is 5.09. The molecule has 0 aliphatic carbocycles. The van der Waals surface area contributed by atoms with Gasteiger partial charge in [-0.05, 0) is 48.9 Å². The van der Waals surface area contributed by atoms with E-state index in [1.165, 1.54) is 6.07 Å². The number of carbonyl (C=O) groups is 2. The van der Waals surface area contributed by atoms with E-state index < -0.39 is 0 Å². The lowest BCUT2D eigenvalue weighted by molar-refractivity contribution is -0.107. The van der Waals surface area contributed by atoms with E-state index in [0.29, 0.717) is 29.3 Å². The van der Waals surface area contributed by atoms with Crippen LogP contribution in [0.3, 0.4) is 0 Å². The van der Waals surface area contributed by atoms with Gasteiger partial charge in [0.05, 0.1) is 43.1 Å². The molecule has 8 heteroatoms. The predicted octanol–water partition coefficient (Wildman–Crippen LogP) is 1.83. The van der Waals surface area contributed by atoms with Crippen molar-refractivity contribution in [1.29, 1.82) is 5.26 Å². The highest BCUT2D eigenvalue weighted by Crippen LogP contribution is 2.28. The summed E-state index contributed by atoms with van der Waals surface area (Å²) in [7, 11) is 3.10. The summed E-state index contributed by atoms with van der Waals surface area (Å²) in [6.07, 6.45) is 1.54. The molecule has 0 spiro atoms. The van der Waals surface area contributed by atoms with Gasteiger partial charge in [0.1, 0.15) is 0 Å². The van der Waals surface area contributed by atoms with E-state index in [0.717, 1.165) is 24.9 Å². The predicted molar refractivity (Wildman–Crippen MR) is 112 cm³/mol. The smallest absolute Gasteiger partial charge is 0.253 e. The maximum absolute atomic E-state index is 13.0. The van der Waals surface area contributed by atoms with Gasteiger partial charge in [-0.1, -0.05) is 6.07 Å². The number of hydrogen-bond donors (Lipinski definition) is 2. The van der Waals surface area contributed by atoms with E-state index in [-0.39, 0.29) is 24.1 Å². The molecule has 2 N–H and O–H groups in total. The Labute approximate surface area is 175 Å². The van der Waals surface area contributed by atoms with Gasteiger partial charge < -0.3 is 25.0 Å². The van der Waals surface area contributed by atoms with Gasteiger partial charge >= 0.3 is 0 Å². The van der Waals surface area contributed by atoms with Crippen LogP contribution < -0.4 is 25.0 Å². The molecular weight excluding hydrogens is 384 g/mol. The monoisotopic (exact) mass is 408 g/mol. The molecule has 1 aliphatic rings. The van der Waals surface area contributed by atoms with Crippen LogP contribution in [0, 0.1) is 11.3 Å². The van der Waals surface area contributed by atoms with Crippen LogP contribution in [-0.4, -0.2) is 45.7 Å². The minimum Gasteiger partial charge on any atom is -0.493 e. The van der Waals surface area contributed by atoms with Crippen molar-refractivity contribution in [3.63, 3.8) is 0 Å². The quantitative estimate of drug-likeness (QED) is 0.646. The molecule has 1 heterocycles. The molecule has 1 atom stereocenters. The maximum Gasteiger partial charge on any atom is 0.253 e. The number of nitriles is 1. The molecule has 0 saturated carbocycles. The van der Waals surface area contributed by atoms with Crippen molar-refractivity contribution in [2.75, 3.05) is 32.2 Å². The molecule has 1 fully saturated rings. The maximum atomic E-state index is 13.0. The molecule has 2 aromatic carbocycles. The lowest BCUT2D eigenvalue weighted by atomic mass is 10.1. The standard InChI is InChI=1S/C22H24N4O4/c1-29-20-6-4-16(10-21(20)30-2)12-25-22(28)18-9-15(11-23)3-5-19(18)26(14-27)17-7-8-24-13-17/h3-6,9-10,14,17,24H,7-8,12-13H2,1-2H3,(H,25,28). The number of nitrogens with zero attached hydrogens (tertiary/aromatic N) is 2. The highest BCUT2D eigenvalue weighted by atomic mass is 16.5. The van der Waals surface area contributed by atoms with Crippen LogP contribution in [0.15, 0.2) is 36.4 Å². The van der Waals surface area contributed by atoms with Crippen molar-refractivity contribution in [2.24, 2.45) is 0 Å². The van der Waals surface area contributed by atoms with Crippen molar-refractivity contribution in [1.82, 2.24) is 10.6 Å². The number of amides is 2. The van der Waals surface area contributed by atoms with E-state index in [1.54, 1.807) is 43.4 Å². The Morgan fingerprint density at radius 3 is 2.70 bits per heavy atom. The zero-order valence-electron chi connectivity index (χ0n) is 17.0. The fraction of sp³-hybridized carbons (Fsp3) is 0.318. The lowest BCUT2D eigenvalue weighted by Crippen LogP contribution is -2.37. The summed E-state index contributed by atoms with van der Waals surface area (Å²) in [5.41, 5.74) is 1.95. The summed E-state index contributed by atoms with van der Waals surface area (Å²) in [4.78, 5) is 26.4. The van der Waals surface area contributed by atoms with Crippen molar-refractivity contribution in [3.8, 4) is 17.6 Å². The molecule has 0 radical (unpaired) electrons. The van der Waals surface area contributed by atoms with Crippen LogP contribution in [-0.2, 0) is 11.3 Å². The van der Waals surface area contributed by atoms with Gasteiger partial charge in [0.15, 0.2) is 11.5 Å². The molecule has 2 amide bonds. The van der Waals surface area contributed by atoms with Crippen LogP contribution in [0.5, 0.6) is 11.5 Å². The first-order chi connectivity index (χ1) is 14.6. The molecule has 30 heavy (non-hydrogen) atoms. The Bertz CT molecular complexity index is 964. The Morgan fingerprint density at radius 1 is 1.27 bits per heavy atom. The van der Waals surface area contributed by atoms with Crippen LogP contribution in [0.1, 0.15) is 27.9 Å². The summed E-state index contributed by atoms with van der Waals surface area (Å²) >= 11 is 0. The SMILES string of the molecule is COc1ccc(CNC(=O)c2cc(C#N)ccc2N(C=O)C2CCNC2)cc1OC. The first kappa shape index (κ1) is 21.1. The molecule has 3 rings (SSSR count). The number of hydrogen-bond acceptors (Lipinski definition) is 6. The second-order valence-corrected chi connectivity index (χ2v) is 6.88. The van der Waals surface area contributed by atoms with E-state index in [2.05, 4.69) is 10.6 Å². The summed E-state index contributed by atoms with van der Waals surface area (Å²) in [5.74, 6) is 0.801. The van der Waals surface area contributed by atoms with E-state index >= 15 is 0 Å². The number of nitrogens with one attached hydrogen (secondary N) is 2. The highest BCUT2D eigenvalue weighted by molar-refractivity contribution is 6.02. The summed E-state index contributed by atoms with van der Waals surface area (Å²) in [6, 6.07) is 12.2. The van der Waals surface area contributed by atoms with Gasteiger partial charge in [0.25, 0.3) is 5.91 Å². The first-order valence-corrected chi connectivity index (χ1v) is 9.58. The molecule has 1 saturated heterocycles. The first-order valence-electron chi connectivity index (χ1n) is 9.58. The minimum atomic E-state index is -0.366. The molecule has 156 valence electrons. The molecular formula is C22H24N4O4. The lowest BCUT2D eigenvalue weighted by Gasteiger charge is -2.26. The average molecular weight is 408 g/mol. The fourth-order valence-corrected chi connectivity index (χ4v) is 3.50. The Morgan fingerprint density at radius 2 is 2.07 bits per heavy atom. The summed E-state index contributed by atoms with van der Waals surface area (Å²) in [6.45, 7) is 1.72. The number of ether oxygens (including phenoxy) is 2. The molecule has 0 bridgehead atoms. The number of rotatable bonds is 8. The molecule has 1 aliphatic heterocycles. The minimum absolute atomic E-state index is 0.0344. The van der Waals surface area contributed by atoms with Crippen molar-refractivity contribution >= 4 is 18.0 Å². The normalized spacial score (nSPS) is 15.2. The number of benzene rings is 2. The summed E-state index contributed by atoms with van der Waals surface area (Å²) < 4.78 is 10.5. The Balaban J connectivity index is 1.84. The topological polar surface area (TPSA) is 104 Å². The van der Waals surface area contributed by atoms with Crippen molar-refractivity contribution in [2.45, 2.75) is 19.0 Å². The van der Waals surface area contributed by atoms with Crippen LogP contribution >= 0.6 is 0 Å². The van der Waals surface area contributed by atoms with Crippen molar-refractivity contribution < 1.29 is 19.1 Å². The van der Waals surface area contributed by atoms with Crippen LogP contribution in [0.2, 0.25) is 0 Å². The average Bonchev–Trinajstić information content (AvgIpc) is 3.32. The highest BCUT2D eigenvalue weighted by Gasteiger charge is 2.26. The molecule has 8 nitrogen and oxygen atoms in total. The van der Waals surface area contributed by atoms with E-state index in [4.69, 9.17) is 9.47 Å².